The molecular weight excluding hydrogens is 134 g/mol. The molecule has 0 fully saturated rings. The van der Waals surface area contributed by atoms with Gasteiger partial charge >= 0.3 is 0 Å². The lowest BCUT2D eigenvalue weighted by Gasteiger charge is -1.94. The minimum atomic E-state index is 1.08. The summed E-state index contributed by atoms with van der Waals surface area (Å²) in [6, 6.07) is 3.89. The molecule has 0 radical (unpaired) electrons. The summed E-state index contributed by atoms with van der Waals surface area (Å²) in [6.07, 6.45) is 3.54. The number of pyridine rings is 1. The van der Waals surface area contributed by atoms with Crippen molar-refractivity contribution in [3.8, 4) is 0 Å². The van der Waals surface area contributed by atoms with Crippen molar-refractivity contribution in [2.45, 2.75) is 20.8 Å². The predicted octanol–water partition coefficient (Wildman–Crippen LogP) is 3.14. The molecule has 0 spiro atoms. The molecule has 60 valence electrons. The highest BCUT2D eigenvalue weighted by atomic mass is 14.6. The van der Waals surface area contributed by atoms with Crippen LogP contribution in [0.15, 0.2) is 31.1 Å². The molecule has 1 rings (SSSR count). The van der Waals surface area contributed by atoms with E-state index in [9.17, 15) is 0 Å². The van der Waals surface area contributed by atoms with E-state index in [0.717, 1.165) is 11.1 Å². The molecule has 0 amide bonds. The zero-order chi connectivity index (χ0) is 8.69. The van der Waals surface area contributed by atoms with Crippen LogP contribution in [0.1, 0.15) is 26.3 Å². The first-order valence-electron chi connectivity index (χ1n) is 3.86. The van der Waals surface area contributed by atoms with Crippen molar-refractivity contribution in [1.82, 2.24) is 4.98 Å². The molecule has 11 heavy (non-hydrogen) atoms. The van der Waals surface area contributed by atoms with E-state index in [2.05, 4.69) is 11.6 Å². The van der Waals surface area contributed by atoms with Crippen LogP contribution < -0.4 is 0 Å². The fourth-order valence-corrected chi connectivity index (χ4v) is 0.636. The number of hydrogen-bond donors (Lipinski definition) is 0. The van der Waals surface area contributed by atoms with Crippen LogP contribution in [0.4, 0.5) is 0 Å². The lowest BCUT2D eigenvalue weighted by atomic mass is 10.1. The van der Waals surface area contributed by atoms with Gasteiger partial charge in [0.1, 0.15) is 0 Å². The highest BCUT2D eigenvalue weighted by molar-refractivity contribution is 5.60. The molecule has 0 bridgehead atoms. The van der Waals surface area contributed by atoms with Crippen molar-refractivity contribution in [1.29, 1.82) is 0 Å². The molecular formula is C10H15N. The summed E-state index contributed by atoms with van der Waals surface area (Å²) in [4.78, 5) is 3.89. The maximum Gasteiger partial charge on any atom is 0.0273 e. The Morgan fingerprint density at radius 1 is 1.27 bits per heavy atom. The van der Waals surface area contributed by atoms with Crippen LogP contribution in [-0.4, -0.2) is 4.98 Å². The normalized spacial score (nSPS) is 7.91. The largest absolute Gasteiger partial charge is 0.265 e. The summed E-state index contributed by atoms with van der Waals surface area (Å²) >= 11 is 0. The summed E-state index contributed by atoms with van der Waals surface area (Å²) in [5.74, 6) is 0. The van der Waals surface area contributed by atoms with E-state index in [1.54, 1.807) is 12.4 Å². The van der Waals surface area contributed by atoms with Crippen LogP contribution >= 0.6 is 0 Å². The molecule has 1 aromatic heterocycles. The van der Waals surface area contributed by atoms with Gasteiger partial charge in [-0.2, -0.15) is 0 Å². The number of nitrogens with zero attached hydrogens (tertiary/aromatic N) is 1. The lowest BCUT2D eigenvalue weighted by molar-refractivity contribution is 1.31. The van der Waals surface area contributed by atoms with E-state index in [0.29, 0.717) is 0 Å². The second-order valence-electron chi connectivity index (χ2n) is 2.02. The van der Waals surface area contributed by atoms with Crippen LogP contribution in [0.2, 0.25) is 0 Å². The number of aromatic nitrogens is 1. The summed E-state index contributed by atoms with van der Waals surface area (Å²) in [7, 11) is 0. The number of allylic oxidation sites excluding steroid dienone is 1. The third kappa shape index (κ3) is 3.56. The third-order valence-electron chi connectivity index (χ3n) is 1.17. The molecule has 0 aromatic carbocycles. The van der Waals surface area contributed by atoms with Crippen LogP contribution in [0.5, 0.6) is 0 Å². The van der Waals surface area contributed by atoms with Crippen molar-refractivity contribution < 1.29 is 0 Å². The maximum absolute atomic E-state index is 3.89. The Morgan fingerprint density at radius 3 is 2.00 bits per heavy atom. The molecule has 0 aliphatic carbocycles. The van der Waals surface area contributed by atoms with Gasteiger partial charge in [-0.1, -0.05) is 26.0 Å². The Hall–Kier alpha value is -1.11. The molecule has 1 nitrogen and oxygen atoms in total. The Bertz CT molecular complexity index is 201. The van der Waals surface area contributed by atoms with Crippen molar-refractivity contribution >= 4 is 5.57 Å². The van der Waals surface area contributed by atoms with Crippen molar-refractivity contribution in [2.24, 2.45) is 0 Å². The summed E-state index contributed by atoms with van der Waals surface area (Å²) in [5, 5.41) is 0. The van der Waals surface area contributed by atoms with Crippen LogP contribution in [0, 0.1) is 0 Å². The zero-order valence-corrected chi connectivity index (χ0v) is 7.46. The standard InChI is InChI=1S/C8H9N.C2H6/c1-7(2)8-3-5-9-6-4-8;1-2/h3-6H,1H2,2H3;1-2H3. The van der Waals surface area contributed by atoms with Gasteiger partial charge in [0.05, 0.1) is 0 Å². The van der Waals surface area contributed by atoms with Crippen molar-refractivity contribution in [2.75, 3.05) is 0 Å². The van der Waals surface area contributed by atoms with Gasteiger partial charge in [-0.3, -0.25) is 4.98 Å². The van der Waals surface area contributed by atoms with Gasteiger partial charge < -0.3 is 0 Å². The Labute approximate surface area is 68.8 Å². The average Bonchev–Trinajstić information content (AvgIpc) is 2.10. The Kier molecular flexibility index (Phi) is 5.09. The summed E-state index contributed by atoms with van der Waals surface area (Å²) in [6.45, 7) is 9.78. The van der Waals surface area contributed by atoms with Gasteiger partial charge in [0.25, 0.3) is 0 Å². The Morgan fingerprint density at radius 2 is 1.73 bits per heavy atom. The Balaban J connectivity index is 0.000000461. The van der Waals surface area contributed by atoms with Gasteiger partial charge in [0.2, 0.25) is 0 Å². The van der Waals surface area contributed by atoms with Crippen LogP contribution in [-0.2, 0) is 0 Å². The van der Waals surface area contributed by atoms with E-state index < -0.39 is 0 Å². The number of hydrogen-bond acceptors (Lipinski definition) is 1. The molecule has 0 unspecified atom stereocenters. The molecule has 0 saturated carbocycles. The first-order chi connectivity index (χ1) is 5.30. The molecule has 1 heterocycles. The minimum Gasteiger partial charge on any atom is -0.265 e. The molecule has 0 atom stereocenters. The van der Waals surface area contributed by atoms with E-state index in [1.165, 1.54) is 0 Å². The van der Waals surface area contributed by atoms with Gasteiger partial charge in [-0.05, 0) is 24.6 Å². The second kappa shape index (κ2) is 5.66. The highest BCUT2D eigenvalue weighted by Gasteiger charge is 1.86. The maximum atomic E-state index is 3.89. The first-order valence-corrected chi connectivity index (χ1v) is 3.86. The van der Waals surface area contributed by atoms with Crippen molar-refractivity contribution in [3.05, 3.63) is 36.7 Å². The second-order valence-corrected chi connectivity index (χ2v) is 2.02. The van der Waals surface area contributed by atoms with Crippen LogP contribution in [0.25, 0.3) is 5.57 Å². The topological polar surface area (TPSA) is 12.9 Å². The molecule has 0 aliphatic rings. The van der Waals surface area contributed by atoms with E-state index >= 15 is 0 Å². The van der Waals surface area contributed by atoms with E-state index in [1.807, 2.05) is 32.9 Å². The third-order valence-corrected chi connectivity index (χ3v) is 1.17. The molecule has 0 aliphatic heterocycles. The minimum absolute atomic E-state index is 1.08. The number of rotatable bonds is 1. The fourth-order valence-electron chi connectivity index (χ4n) is 0.636. The lowest BCUT2D eigenvalue weighted by Crippen LogP contribution is -1.75. The predicted molar refractivity (Wildman–Crippen MR) is 50.3 cm³/mol. The molecule has 0 N–H and O–H groups in total. The van der Waals surface area contributed by atoms with Crippen molar-refractivity contribution in [3.63, 3.8) is 0 Å². The quantitative estimate of drug-likeness (QED) is 0.597. The molecule has 1 heteroatoms. The van der Waals surface area contributed by atoms with Gasteiger partial charge in [-0.15, -0.1) is 0 Å². The van der Waals surface area contributed by atoms with Gasteiger partial charge in [-0.25, -0.2) is 0 Å². The van der Waals surface area contributed by atoms with Crippen LogP contribution in [0.3, 0.4) is 0 Å². The first kappa shape index (κ1) is 9.89. The SMILES string of the molecule is C=C(C)c1ccncc1.CC. The van der Waals surface area contributed by atoms with E-state index in [4.69, 9.17) is 0 Å². The van der Waals surface area contributed by atoms with Gasteiger partial charge in [0.15, 0.2) is 0 Å². The summed E-state index contributed by atoms with van der Waals surface area (Å²) in [5.41, 5.74) is 2.24. The zero-order valence-electron chi connectivity index (χ0n) is 7.46. The smallest absolute Gasteiger partial charge is 0.0273 e. The molecule has 0 saturated heterocycles. The fraction of sp³-hybridized carbons (Fsp3) is 0.300. The highest BCUT2D eigenvalue weighted by Crippen LogP contribution is 2.07. The summed E-state index contributed by atoms with van der Waals surface area (Å²) < 4.78 is 0. The van der Waals surface area contributed by atoms with E-state index in [-0.39, 0.29) is 0 Å². The molecule has 1 aromatic rings. The average molecular weight is 149 g/mol. The van der Waals surface area contributed by atoms with Gasteiger partial charge in [0, 0.05) is 12.4 Å². The monoisotopic (exact) mass is 149 g/mol.